The van der Waals surface area contributed by atoms with Crippen LogP contribution in [0.2, 0.25) is 0 Å². The first-order valence-corrected chi connectivity index (χ1v) is 9.14. The number of hydrogen-bond acceptors (Lipinski definition) is 4. The number of aromatic nitrogens is 3. The fourth-order valence-corrected chi connectivity index (χ4v) is 3.60. The molecule has 0 radical (unpaired) electrons. The van der Waals surface area contributed by atoms with Gasteiger partial charge in [0.1, 0.15) is 5.82 Å². The van der Waals surface area contributed by atoms with Gasteiger partial charge >= 0.3 is 0 Å². The second-order valence-corrected chi connectivity index (χ2v) is 7.57. The number of rotatable bonds is 6. The quantitative estimate of drug-likeness (QED) is 0.584. The molecule has 0 aliphatic heterocycles. The molecule has 0 amide bonds. The largest absolute Gasteiger partial charge is 0.303 e. The van der Waals surface area contributed by atoms with E-state index in [1.54, 1.807) is 0 Å². The Bertz CT molecular complexity index is 732. The highest BCUT2D eigenvalue weighted by molar-refractivity contribution is 7.99. The van der Waals surface area contributed by atoms with Crippen molar-refractivity contribution >= 4 is 17.5 Å². The topological polar surface area (TPSA) is 47.8 Å². The number of carbonyl (C=O) groups excluding carboxylic acids is 1. The van der Waals surface area contributed by atoms with Crippen LogP contribution < -0.4 is 0 Å². The summed E-state index contributed by atoms with van der Waals surface area (Å²) in [7, 11) is 0. The molecule has 1 aliphatic carbocycles. The highest BCUT2D eigenvalue weighted by Gasteiger charge is 2.30. The lowest BCUT2D eigenvalue weighted by Crippen LogP contribution is -2.08. The van der Waals surface area contributed by atoms with E-state index in [2.05, 4.69) is 28.6 Å². The molecule has 0 N–H and O–H groups in total. The van der Waals surface area contributed by atoms with Crippen LogP contribution in [0.3, 0.4) is 0 Å². The lowest BCUT2D eigenvalue weighted by Gasteiger charge is -2.11. The number of hydrogen-bond donors (Lipinski definition) is 0. The fraction of sp³-hybridized carbons (Fsp3) is 0.500. The number of benzene rings is 1. The van der Waals surface area contributed by atoms with Gasteiger partial charge in [-0.15, -0.1) is 10.2 Å². The van der Waals surface area contributed by atoms with Crippen LogP contribution in [0, 0.1) is 13.8 Å². The monoisotopic (exact) mass is 329 g/mol. The third-order valence-corrected chi connectivity index (χ3v) is 5.09. The maximum absolute atomic E-state index is 12.6. The average Bonchev–Trinajstić information content (AvgIpc) is 3.26. The number of nitrogens with zero attached hydrogens (tertiary/aromatic N) is 3. The van der Waals surface area contributed by atoms with Gasteiger partial charge in [0.15, 0.2) is 10.9 Å². The van der Waals surface area contributed by atoms with E-state index in [0.29, 0.717) is 17.7 Å². The molecule has 1 heterocycles. The van der Waals surface area contributed by atoms with Crippen molar-refractivity contribution in [3.05, 3.63) is 40.7 Å². The number of carbonyl (C=O) groups is 1. The van der Waals surface area contributed by atoms with E-state index in [1.165, 1.54) is 24.6 Å². The number of aryl methyl sites for hydroxylation is 2. The molecule has 1 saturated carbocycles. The maximum Gasteiger partial charge on any atom is 0.191 e. The van der Waals surface area contributed by atoms with Crippen molar-refractivity contribution in [3.63, 3.8) is 0 Å². The summed E-state index contributed by atoms with van der Waals surface area (Å²) in [5, 5.41) is 9.55. The molecule has 4 nitrogen and oxygen atoms in total. The van der Waals surface area contributed by atoms with Gasteiger partial charge < -0.3 is 4.57 Å². The summed E-state index contributed by atoms with van der Waals surface area (Å²) in [5.74, 6) is 1.96. The Hall–Kier alpha value is -1.62. The van der Waals surface area contributed by atoms with Gasteiger partial charge in [0.05, 0.1) is 5.75 Å². The van der Waals surface area contributed by atoms with Crippen molar-refractivity contribution in [2.24, 2.45) is 0 Å². The zero-order chi connectivity index (χ0) is 16.6. The molecule has 1 fully saturated rings. The van der Waals surface area contributed by atoms with E-state index in [0.717, 1.165) is 27.7 Å². The molecule has 0 spiro atoms. The van der Waals surface area contributed by atoms with Crippen molar-refractivity contribution in [2.75, 3.05) is 5.75 Å². The second-order valence-electron chi connectivity index (χ2n) is 6.63. The van der Waals surface area contributed by atoms with Gasteiger partial charge in [-0.05, 0) is 38.3 Å². The first-order valence-electron chi connectivity index (χ1n) is 8.15. The van der Waals surface area contributed by atoms with Crippen molar-refractivity contribution < 1.29 is 4.79 Å². The lowest BCUT2D eigenvalue weighted by molar-refractivity contribution is 0.102. The summed E-state index contributed by atoms with van der Waals surface area (Å²) in [5.41, 5.74) is 2.97. The molecule has 0 bridgehead atoms. The summed E-state index contributed by atoms with van der Waals surface area (Å²) >= 11 is 1.51. The van der Waals surface area contributed by atoms with Crippen molar-refractivity contribution in [1.29, 1.82) is 0 Å². The minimum absolute atomic E-state index is 0.160. The van der Waals surface area contributed by atoms with Gasteiger partial charge in [0, 0.05) is 17.5 Å². The number of ketones is 1. The van der Waals surface area contributed by atoms with Gasteiger partial charge in [0.25, 0.3) is 0 Å². The standard InChI is InChI=1S/C18H23N3OS/c1-11(2)17-19-20-18(21(17)14-7-8-14)23-10-16(22)15-9-12(3)5-6-13(15)4/h5-6,9,11,14H,7-8,10H2,1-4H3. The summed E-state index contributed by atoms with van der Waals surface area (Å²) in [6.07, 6.45) is 2.38. The Morgan fingerprint density at radius 3 is 2.70 bits per heavy atom. The highest BCUT2D eigenvalue weighted by Crippen LogP contribution is 2.40. The van der Waals surface area contributed by atoms with Crippen LogP contribution in [-0.2, 0) is 0 Å². The molecule has 1 aromatic carbocycles. The van der Waals surface area contributed by atoms with Crippen molar-refractivity contribution in [1.82, 2.24) is 14.8 Å². The van der Waals surface area contributed by atoms with E-state index in [9.17, 15) is 4.79 Å². The average molecular weight is 329 g/mol. The van der Waals surface area contributed by atoms with Crippen LogP contribution in [0.4, 0.5) is 0 Å². The first kappa shape index (κ1) is 16.2. The lowest BCUT2D eigenvalue weighted by atomic mass is 10.0. The molecule has 0 unspecified atom stereocenters. The Labute approximate surface area is 141 Å². The van der Waals surface area contributed by atoms with Gasteiger partial charge in [-0.25, -0.2) is 0 Å². The summed E-state index contributed by atoms with van der Waals surface area (Å²) in [6.45, 7) is 8.28. The summed E-state index contributed by atoms with van der Waals surface area (Å²) < 4.78 is 2.24. The van der Waals surface area contributed by atoms with Crippen LogP contribution in [0.1, 0.15) is 66.0 Å². The molecule has 1 aromatic heterocycles. The summed E-state index contributed by atoms with van der Waals surface area (Å²) in [6, 6.07) is 6.55. The molecular weight excluding hydrogens is 306 g/mol. The molecule has 2 aromatic rings. The predicted octanol–water partition coefficient (Wildman–Crippen LogP) is 4.33. The minimum Gasteiger partial charge on any atom is -0.303 e. The van der Waals surface area contributed by atoms with E-state index in [-0.39, 0.29) is 5.78 Å². The molecular formula is C18H23N3OS. The fourth-order valence-electron chi connectivity index (χ4n) is 2.70. The van der Waals surface area contributed by atoms with Gasteiger partial charge in [-0.1, -0.05) is 43.3 Å². The molecule has 3 rings (SSSR count). The third kappa shape index (κ3) is 3.50. The van der Waals surface area contributed by atoms with Crippen LogP contribution in [-0.4, -0.2) is 26.3 Å². The zero-order valence-electron chi connectivity index (χ0n) is 14.2. The molecule has 5 heteroatoms. The van der Waals surface area contributed by atoms with E-state index in [4.69, 9.17) is 0 Å². The van der Waals surface area contributed by atoms with Crippen molar-refractivity contribution in [2.45, 2.75) is 57.7 Å². The zero-order valence-corrected chi connectivity index (χ0v) is 15.0. The van der Waals surface area contributed by atoms with Gasteiger partial charge in [0.2, 0.25) is 0 Å². The van der Waals surface area contributed by atoms with Crippen LogP contribution in [0.25, 0.3) is 0 Å². The smallest absolute Gasteiger partial charge is 0.191 e. The Kier molecular flexibility index (Phi) is 4.57. The van der Waals surface area contributed by atoms with Gasteiger partial charge in [-0.3, -0.25) is 4.79 Å². The van der Waals surface area contributed by atoms with Crippen LogP contribution in [0.5, 0.6) is 0 Å². The SMILES string of the molecule is Cc1ccc(C)c(C(=O)CSc2nnc(C(C)C)n2C2CC2)c1. The van der Waals surface area contributed by atoms with Crippen LogP contribution >= 0.6 is 11.8 Å². The van der Waals surface area contributed by atoms with E-state index >= 15 is 0 Å². The van der Waals surface area contributed by atoms with Crippen LogP contribution in [0.15, 0.2) is 23.4 Å². The Morgan fingerprint density at radius 1 is 1.30 bits per heavy atom. The van der Waals surface area contributed by atoms with Crippen molar-refractivity contribution in [3.8, 4) is 0 Å². The third-order valence-electron chi connectivity index (χ3n) is 4.15. The highest BCUT2D eigenvalue weighted by atomic mass is 32.2. The number of Topliss-reactive ketones (excluding diaryl/α,β-unsaturated/α-hetero) is 1. The Balaban J connectivity index is 1.76. The second kappa shape index (κ2) is 6.48. The summed E-state index contributed by atoms with van der Waals surface area (Å²) in [4.78, 5) is 12.6. The molecule has 1 aliphatic rings. The molecule has 0 saturated heterocycles. The van der Waals surface area contributed by atoms with E-state index < -0.39 is 0 Å². The number of thioether (sulfide) groups is 1. The molecule has 122 valence electrons. The normalized spacial score (nSPS) is 14.5. The van der Waals surface area contributed by atoms with E-state index in [1.807, 2.05) is 32.0 Å². The molecule has 0 atom stereocenters. The predicted molar refractivity (Wildman–Crippen MR) is 93.4 cm³/mol. The maximum atomic E-state index is 12.6. The van der Waals surface area contributed by atoms with Gasteiger partial charge in [-0.2, -0.15) is 0 Å². The molecule has 23 heavy (non-hydrogen) atoms. The first-order chi connectivity index (χ1) is 11.0. The minimum atomic E-state index is 0.160. The Morgan fingerprint density at radius 2 is 2.04 bits per heavy atom.